The maximum Gasteiger partial charge on any atom is 0.306 e. The Kier molecular flexibility index (Phi) is 31.2. The van der Waals surface area contributed by atoms with E-state index in [1.54, 1.807) is 0 Å². The minimum atomic E-state index is -0.552. The van der Waals surface area contributed by atoms with E-state index in [9.17, 15) is 9.90 Å². The zero-order valence-corrected chi connectivity index (χ0v) is 25.6. The van der Waals surface area contributed by atoms with Gasteiger partial charge in [-0.3, -0.25) is 4.79 Å². The van der Waals surface area contributed by atoms with Gasteiger partial charge < -0.3 is 14.6 Å². The molecule has 0 saturated carbocycles. The number of carbonyl (C=O) groups is 1. The molecule has 0 saturated heterocycles. The molecule has 1 atom stereocenters. The Morgan fingerprint density at radius 2 is 1.15 bits per heavy atom. The summed E-state index contributed by atoms with van der Waals surface area (Å²) in [6, 6.07) is 0. The van der Waals surface area contributed by atoms with Gasteiger partial charge in [0.2, 0.25) is 0 Å². The highest BCUT2D eigenvalue weighted by molar-refractivity contribution is 5.69. The second-order valence-corrected chi connectivity index (χ2v) is 10.5. The number of ether oxygens (including phenoxy) is 2. The Hall–Kier alpha value is -1.65. The molecule has 0 bridgehead atoms. The summed E-state index contributed by atoms with van der Waals surface area (Å²) < 4.78 is 11.0. The number of aliphatic hydroxyl groups excluding tert-OH is 1. The number of hydrogen-bond donors (Lipinski definition) is 1. The lowest BCUT2D eigenvalue weighted by Gasteiger charge is -2.15. The Bertz CT molecular complexity index is 620. The smallest absolute Gasteiger partial charge is 0.306 e. The second kappa shape index (κ2) is 32.6. The minimum Gasteiger partial charge on any atom is -0.457 e. The normalized spacial score (nSPS) is 13.0. The molecular weight excluding hydrogens is 484 g/mol. The summed E-state index contributed by atoms with van der Waals surface area (Å²) in [6.07, 6.45) is 40.0. The third kappa shape index (κ3) is 30.7. The van der Waals surface area contributed by atoms with Gasteiger partial charge >= 0.3 is 5.97 Å². The molecule has 226 valence electrons. The third-order valence-electron chi connectivity index (χ3n) is 6.67. The Labute approximate surface area is 242 Å². The standard InChI is InChI=1S/C35H62O4/c1-3-5-7-9-11-13-15-17-18-19-20-22-24-26-28-30-35(37)39-34(32-36)33-38-31-29-27-25-23-21-16-14-12-10-8-6-4-2/h5,7,11,13,17-18,20,22,34,36H,3-4,6,8-10,12,14-16,19,21,23-33H2,1-2H3/b7-5-,13-11-,18-17-,22-20-. The van der Waals surface area contributed by atoms with Crippen LogP contribution in [0, 0.1) is 0 Å². The first kappa shape index (κ1) is 37.4. The third-order valence-corrected chi connectivity index (χ3v) is 6.67. The van der Waals surface area contributed by atoms with Crippen molar-refractivity contribution in [3.8, 4) is 0 Å². The Morgan fingerprint density at radius 1 is 0.641 bits per heavy atom. The molecule has 0 aromatic heterocycles. The predicted octanol–water partition coefficient (Wildman–Crippen LogP) is 9.97. The molecule has 0 aromatic rings. The zero-order chi connectivity index (χ0) is 28.5. The van der Waals surface area contributed by atoms with E-state index in [2.05, 4.69) is 62.5 Å². The fraction of sp³-hybridized carbons (Fsp3) is 0.743. The van der Waals surface area contributed by atoms with Crippen molar-refractivity contribution in [2.75, 3.05) is 19.8 Å². The van der Waals surface area contributed by atoms with E-state index in [0.29, 0.717) is 13.0 Å². The SMILES string of the molecule is CC/C=C\C/C=C\C/C=C\C/C=C\CCCCC(=O)OC(CO)COCCCCCCCCCCCCCC. The molecular formula is C35H62O4. The summed E-state index contributed by atoms with van der Waals surface area (Å²) in [5.41, 5.74) is 0. The fourth-order valence-electron chi connectivity index (χ4n) is 4.26. The number of unbranched alkanes of at least 4 members (excludes halogenated alkanes) is 13. The number of aliphatic hydroxyl groups is 1. The lowest BCUT2D eigenvalue weighted by atomic mass is 10.1. The molecule has 0 aromatic carbocycles. The van der Waals surface area contributed by atoms with E-state index in [0.717, 1.165) is 51.4 Å². The van der Waals surface area contributed by atoms with Crippen LogP contribution >= 0.6 is 0 Å². The van der Waals surface area contributed by atoms with Gasteiger partial charge in [-0.05, 0) is 51.4 Å². The topological polar surface area (TPSA) is 55.8 Å². The van der Waals surface area contributed by atoms with Crippen LogP contribution in [0.2, 0.25) is 0 Å². The number of esters is 1. The first-order chi connectivity index (χ1) is 19.2. The van der Waals surface area contributed by atoms with Crippen molar-refractivity contribution in [2.24, 2.45) is 0 Å². The van der Waals surface area contributed by atoms with Crippen molar-refractivity contribution < 1.29 is 19.4 Å². The molecule has 0 fully saturated rings. The summed E-state index contributed by atoms with van der Waals surface area (Å²) in [5.74, 6) is -0.242. The molecule has 0 aliphatic carbocycles. The van der Waals surface area contributed by atoms with Gasteiger partial charge in [0.05, 0.1) is 13.2 Å². The Balaban J connectivity index is 3.56. The van der Waals surface area contributed by atoms with Gasteiger partial charge in [-0.25, -0.2) is 0 Å². The van der Waals surface area contributed by atoms with E-state index in [4.69, 9.17) is 9.47 Å². The van der Waals surface area contributed by atoms with Crippen LogP contribution in [0.15, 0.2) is 48.6 Å². The second-order valence-electron chi connectivity index (χ2n) is 10.5. The molecule has 0 aliphatic rings. The zero-order valence-electron chi connectivity index (χ0n) is 25.6. The van der Waals surface area contributed by atoms with Crippen LogP contribution in [-0.4, -0.2) is 37.0 Å². The molecule has 0 spiro atoms. The molecule has 4 nitrogen and oxygen atoms in total. The van der Waals surface area contributed by atoms with Crippen molar-refractivity contribution in [2.45, 2.75) is 148 Å². The monoisotopic (exact) mass is 546 g/mol. The van der Waals surface area contributed by atoms with Gasteiger partial charge in [0, 0.05) is 13.0 Å². The summed E-state index contributed by atoms with van der Waals surface area (Å²) >= 11 is 0. The summed E-state index contributed by atoms with van der Waals surface area (Å²) in [7, 11) is 0. The van der Waals surface area contributed by atoms with E-state index in [1.165, 1.54) is 70.6 Å². The number of hydrogen-bond acceptors (Lipinski definition) is 4. The Morgan fingerprint density at radius 3 is 1.69 bits per heavy atom. The molecule has 0 heterocycles. The lowest BCUT2D eigenvalue weighted by Crippen LogP contribution is -2.27. The summed E-state index contributed by atoms with van der Waals surface area (Å²) in [5, 5.41) is 9.50. The van der Waals surface area contributed by atoms with Crippen LogP contribution in [0.4, 0.5) is 0 Å². The largest absolute Gasteiger partial charge is 0.457 e. The average molecular weight is 547 g/mol. The van der Waals surface area contributed by atoms with Gasteiger partial charge in [-0.15, -0.1) is 0 Å². The lowest BCUT2D eigenvalue weighted by molar-refractivity contribution is -0.154. The highest BCUT2D eigenvalue weighted by atomic mass is 16.6. The quantitative estimate of drug-likeness (QED) is 0.0576. The number of carbonyl (C=O) groups excluding carboxylic acids is 1. The van der Waals surface area contributed by atoms with Gasteiger partial charge in [0.15, 0.2) is 0 Å². The molecule has 0 radical (unpaired) electrons. The molecule has 1 unspecified atom stereocenters. The van der Waals surface area contributed by atoms with E-state index in [-0.39, 0.29) is 19.2 Å². The van der Waals surface area contributed by atoms with Gasteiger partial charge in [-0.2, -0.15) is 0 Å². The van der Waals surface area contributed by atoms with Crippen molar-refractivity contribution >= 4 is 5.97 Å². The first-order valence-corrected chi connectivity index (χ1v) is 16.2. The van der Waals surface area contributed by atoms with Crippen molar-refractivity contribution in [3.63, 3.8) is 0 Å². The molecule has 39 heavy (non-hydrogen) atoms. The molecule has 0 amide bonds. The van der Waals surface area contributed by atoms with Crippen molar-refractivity contribution in [1.82, 2.24) is 0 Å². The van der Waals surface area contributed by atoms with Crippen LogP contribution in [-0.2, 0) is 14.3 Å². The number of allylic oxidation sites excluding steroid dienone is 8. The van der Waals surface area contributed by atoms with Gasteiger partial charge in [-0.1, -0.05) is 133 Å². The highest BCUT2D eigenvalue weighted by Crippen LogP contribution is 2.12. The van der Waals surface area contributed by atoms with E-state index in [1.807, 2.05) is 0 Å². The van der Waals surface area contributed by atoms with E-state index < -0.39 is 6.10 Å². The molecule has 4 heteroatoms. The van der Waals surface area contributed by atoms with Crippen LogP contribution in [0.3, 0.4) is 0 Å². The molecule has 1 N–H and O–H groups in total. The van der Waals surface area contributed by atoms with E-state index >= 15 is 0 Å². The highest BCUT2D eigenvalue weighted by Gasteiger charge is 2.13. The average Bonchev–Trinajstić information content (AvgIpc) is 2.94. The first-order valence-electron chi connectivity index (χ1n) is 16.2. The maximum atomic E-state index is 12.1. The molecule has 0 rings (SSSR count). The fourth-order valence-corrected chi connectivity index (χ4v) is 4.26. The van der Waals surface area contributed by atoms with Gasteiger partial charge in [0.25, 0.3) is 0 Å². The predicted molar refractivity (Wildman–Crippen MR) is 168 cm³/mol. The number of rotatable bonds is 29. The van der Waals surface area contributed by atoms with Crippen LogP contribution in [0.1, 0.15) is 142 Å². The van der Waals surface area contributed by atoms with Crippen LogP contribution in [0.25, 0.3) is 0 Å². The van der Waals surface area contributed by atoms with Crippen molar-refractivity contribution in [1.29, 1.82) is 0 Å². The maximum absolute atomic E-state index is 12.1. The minimum absolute atomic E-state index is 0.188. The summed E-state index contributed by atoms with van der Waals surface area (Å²) in [4.78, 5) is 12.1. The molecule has 0 aliphatic heterocycles. The van der Waals surface area contributed by atoms with Crippen LogP contribution < -0.4 is 0 Å². The van der Waals surface area contributed by atoms with Crippen LogP contribution in [0.5, 0.6) is 0 Å². The summed E-state index contributed by atoms with van der Waals surface area (Å²) in [6.45, 7) is 5.17. The van der Waals surface area contributed by atoms with Crippen molar-refractivity contribution in [3.05, 3.63) is 48.6 Å². The van der Waals surface area contributed by atoms with Gasteiger partial charge in [0.1, 0.15) is 6.10 Å².